The minimum Gasteiger partial charge on any atom is -0.444 e. The SMILES string of the molecule is CC(C)(C)OC(=O)N1C[C@H](O)C[C@H]1C(=O)N[C@@H](CSCC1CCCCC1)C(=O)NC1CCN(Cc2ccccc2)CC1.Cl. The third-order valence-electron chi connectivity index (χ3n) is 8.39. The van der Waals surface area contributed by atoms with Crippen molar-refractivity contribution in [2.75, 3.05) is 31.1 Å². The maximum Gasteiger partial charge on any atom is 0.411 e. The van der Waals surface area contributed by atoms with Crippen molar-refractivity contribution in [3.63, 3.8) is 0 Å². The van der Waals surface area contributed by atoms with E-state index in [9.17, 15) is 19.5 Å². The Kier molecular flexibility index (Phi) is 13.9. The number of nitrogens with one attached hydrogen (secondary N) is 2. The van der Waals surface area contributed by atoms with Gasteiger partial charge in [-0.3, -0.25) is 19.4 Å². The molecule has 0 unspecified atom stereocenters. The van der Waals surface area contributed by atoms with E-state index in [1.807, 2.05) is 6.07 Å². The largest absolute Gasteiger partial charge is 0.444 e. The van der Waals surface area contributed by atoms with Crippen LogP contribution in [-0.2, 0) is 20.9 Å². The Bertz CT molecular complexity index is 1030. The first kappa shape index (κ1) is 35.5. The highest BCUT2D eigenvalue weighted by Crippen LogP contribution is 2.27. The van der Waals surface area contributed by atoms with Crippen LogP contribution in [0.2, 0.25) is 0 Å². The van der Waals surface area contributed by atoms with Gasteiger partial charge in [-0.1, -0.05) is 49.6 Å². The minimum atomic E-state index is -0.880. The highest BCUT2D eigenvalue weighted by Gasteiger charge is 2.42. The molecule has 11 heteroatoms. The van der Waals surface area contributed by atoms with Crippen molar-refractivity contribution in [2.45, 2.75) is 109 Å². The molecule has 3 atom stereocenters. The monoisotopic (exact) mass is 638 g/mol. The average Bonchev–Trinajstić information content (AvgIpc) is 3.36. The van der Waals surface area contributed by atoms with Crippen LogP contribution in [-0.4, -0.2) is 93.8 Å². The Morgan fingerprint density at radius 3 is 2.37 bits per heavy atom. The van der Waals surface area contributed by atoms with E-state index < -0.39 is 35.8 Å². The Labute approximate surface area is 267 Å². The van der Waals surface area contributed by atoms with E-state index in [2.05, 4.69) is 39.8 Å². The number of ether oxygens (including phenoxy) is 1. The van der Waals surface area contributed by atoms with Crippen LogP contribution in [0.5, 0.6) is 0 Å². The standard InChI is InChI=1S/C32H50N4O5S.ClH/c1-32(2,3)41-31(40)36-20-26(37)18-28(36)30(39)34-27(22-42-21-24-12-8-5-9-13-24)29(38)33-25-14-16-35(17-15-25)19-23-10-6-4-7-11-23;/h4,6-7,10-11,24-28,37H,5,8-9,12-22H2,1-3H3,(H,33,38)(H,34,39);1H/t26-,27+,28+;/m1./s1. The number of piperidine rings is 1. The molecule has 4 rings (SSSR count). The summed E-state index contributed by atoms with van der Waals surface area (Å²) in [6.45, 7) is 8.03. The highest BCUT2D eigenvalue weighted by atomic mass is 35.5. The Hall–Kier alpha value is -2.01. The van der Waals surface area contributed by atoms with Gasteiger partial charge in [0.2, 0.25) is 11.8 Å². The van der Waals surface area contributed by atoms with Gasteiger partial charge in [-0.2, -0.15) is 11.8 Å². The minimum absolute atomic E-state index is 0. The van der Waals surface area contributed by atoms with Crippen LogP contribution in [0.15, 0.2) is 30.3 Å². The number of carbonyl (C=O) groups is 3. The van der Waals surface area contributed by atoms with E-state index in [-0.39, 0.29) is 37.3 Å². The van der Waals surface area contributed by atoms with E-state index in [0.29, 0.717) is 11.7 Å². The van der Waals surface area contributed by atoms with Crippen molar-refractivity contribution in [2.24, 2.45) is 5.92 Å². The number of thioether (sulfide) groups is 1. The predicted octanol–water partition coefficient (Wildman–Crippen LogP) is 4.36. The van der Waals surface area contributed by atoms with Gasteiger partial charge in [0.15, 0.2) is 0 Å². The molecule has 242 valence electrons. The number of aliphatic hydroxyl groups excluding tert-OH is 1. The molecule has 3 fully saturated rings. The molecule has 1 saturated carbocycles. The molecule has 0 bridgehead atoms. The van der Waals surface area contributed by atoms with Crippen LogP contribution in [0.4, 0.5) is 4.79 Å². The van der Waals surface area contributed by atoms with Gasteiger partial charge in [0.05, 0.1) is 12.6 Å². The van der Waals surface area contributed by atoms with Crippen LogP contribution < -0.4 is 10.6 Å². The third-order valence-corrected chi connectivity index (χ3v) is 9.66. The molecule has 1 aromatic rings. The number of amides is 3. The lowest BCUT2D eigenvalue weighted by Gasteiger charge is -2.33. The second-order valence-corrected chi connectivity index (χ2v) is 14.3. The number of halogens is 1. The molecule has 9 nitrogen and oxygen atoms in total. The van der Waals surface area contributed by atoms with Crippen LogP contribution >= 0.6 is 24.2 Å². The van der Waals surface area contributed by atoms with Crippen LogP contribution in [0.25, 0.3) is 0 Å². The molecule has 2 saturated heterocycles. The van der Waals surface area contributed by atoms with Crippen LogP contribution in [0, 0.1) is 5.92 Å². The first-order valence-electron chi connectivity index (χ1n) is 15.7. The van der Waals surface area contributed by atoms with E-state index in [1.54, 1.807) is 32.5 Å². The number of carbonyl (C=O) groups excluding carboxylic acids is 3. The molecule has 0 radical (unpaired) electrons. The van der Waals surface area contributed by atoms with Gasteiger partial charge in [-0.15, -0.1) is 12.4 Å². The zero-order valence-electron chi connectivity index (χ0n) is 26.0. The van der Waals surface area contributed by atoms with Gasteiger partial charge in [0.25, 0.3) is 0 Å². The summed E-state index contributed by atoms with van der Waals surface area (Å²) < 4.78 is 5.49. The molecule has 0 spiro atoms. The molecule has 43 heavy (non-hydrogen) atoms. The number of rotatable bonds is 10. The summed E-state index contributed by atoms with van der Waals surface area (Å²) in [5.41, 5.74) is 0.566. The summed E-state index contributed by atoms with van der Waals surface area (Å²) >= 11 is 1.72. The van der Waals surface area contributed by atoms with E-state index >= 15 is 0 Å². The second kappa shape index (κ2) is 16.9. The Morgan fingerprint density at radius 2 is 1.72 bits per heavy atom. The van der Waals surface area contributed by atoms with Crippen molar-refractivity contribution in [1.82, 2.24) is 20.4 Å². The van der Waals surface area contributed by atoms with Gasteiger partial charge in [-0.25, -0.2) is 4.79 Å². The van der Waals surface area contributed by atoms with Gasteiger partial charge in [0.1, 0.15) is 17.7 Å². The van der Waals surface area contributed by atoms with E-state index in [1.165, 1.54) is 42.6 Å². The third kappa shape index (κ3) is 11.5. The molecule has 3 N–H and O–H groups in total. The maximum atomic E-state index is 13.6. The summed E-state index contributed by atoms with van der Waals surface area (Å²) in [5.74, 6) is 1.51. The zero-order valence-corrected chi connectivity index (χ0v) is 27.6. The molecule has 1 aliphatic carbocycles. The molecule has 2 aliphatic heterocycles. The topological polar surface area (TPSA) is 111 Å². The number of nitrogens with zero attached hydrogens (tertiary/aromatic N) is 2. The number of β-amino-alcohol motifs (C(OH)–C–C–N with tert-alkyl or cyclic N) is 1. The average molecular weight is 639 g/mol. The van der Waals surface area contributed by atoms with E-state index in [0.717, 1.165) is 38.2 Å². The lowest BCUT2D eigenvalue weighted by Crippen LogP contribution is -2.56. The Morgan fingerprint density at radius 1 is 1.05 bits per heavy atom. The summed E-state index contributed by atoms with van der Waals surface area (Å²) in [4.78, 5) is 43.6. The summed E-state index contributed by atoms with van der Waals surface area (Å²) in [6, 6.07) is 8.88. The first-order chi connectivity index (χ1) is 20.1. The van der Waals surface area contributed by atoms with Crippen molar-refractivity contribution >= 4 is 42.1 Å². The van der Waals surface area contributed by atoms with Crippen molar-refractivity contribution < 1.29 is 24.2 Å². The molecule has 3 amide bonds. The summed E-state index contributed by atoms with van der Waals surface area (Å²) in [7, 11) is 0. The van der Waals surface area contributed by atoms with E-state index in [4.69, 9.17) is 4.74 Å². The molecular weight excluding hydrogens is 588 g/mol. The Balaban J connectivity index is 0.00000506. The number of hydrogen-bond donors (Lipinski definition) is 3. The maximum absolute atomic E-state index is 13.6. The number of benzene rings is 1. The lowest BCUT2D eigenvalue weighted by molar-refractivity contribution is -0.131. The summed E-state index contributed by atoms with van der Waals surface area (Å²) in [6.07, 6.45) is 6.66. The van der Waals surface area contributed by atoms with Crippen LogP contribution in [0.1, 0.15) is 77.7 Å². The zero-order chi connectivity index (χ0) is 30.1. The fourth-order valence-electron chi connectivity index (χ4n) is 6.12. The summed E-state index contributed by atoms with van der Waals surface area (Å²) in [5, 5.41) is 16.5. The molecule has 1 aromatic carbocycles. The molecular formula is C32H51ClN4O5S. The lowest BCUT2D eigenvalue weighted by atomic mass is 9.91. The van der Waals surface area contributed by atoms with Crippen molar-refractivity contribution in [3.05, 3.63) is 35.9 Å². The highest BCUT2D eigenvalue weighted by molar-refractivity contribution is 7.99. The molecule has 0 aromatic heterocycles. The van der Waals surface area contributed by atoms with Crippen molar-refractivity contribution in [1.29, 1.82) is 0 Å². The second-order valence-electron chi connectivity index (χ2n) is 13.2. The number of hydrogen-bond acceptors (Lipinski definition) is 7. The first-order valence-corrected chi connectivity index (χ1v) is 16.9. The normalized spacial score (nSPS) is 22.8. The predicted molar refractivity (Wildman–Crippen MR) is 173 cm³/mol. The number of aliphatic hydroxyl groups is 1. The smallest absolute Gasteiger partial charge is 0.411 e. The van der Waals surface area contributed by atoms with Crippen LogP contribution in [0.3, 0.4) is 0 Å². The van der Waals surface area contributed by atoms with Gasteiger partial charge < -0.3 is 20.5 Å². The quantitative estimate of drug-likeness (QED) is 0.349. The van der Waals surface area contributed by atoms with Gasteiger partial charge in [-0.05, 0) is 63.7 Å². The number of likely N-dealkylation sites (tertiary alicyclic amines) is 2. The van der Waals surface area contributed by atoms with Gasteiger partial charge in [0, 0.05) is 37.8 Å². The van der Waals surface area contributed by atoms with Gasteiger partial charge >= 0.3 is 6.09 Å². The van der Waals surface area contributed by atoms with Crippen molar-refractivity contribution in [3.8, 4) is 0 Å². The fourth-order valence-corrected chi connectivity index (χ4v) is 7.39. The fraction of sp³-hybridized carbons (Fsp3) is 0.719. The molecule has 3 aliphatic rings. The molecule has 2 heterocycles.